The third-order valence-electron chi connectivity index (χ3n) is 3.37. The first-order valence-electron chi connectivity index (χ1n) is 7.19. The summed E-state index contributed by atoms with van der Waals surface area (Å²) in [6.45, 7) is 4.51. The number of hydrogen-bond acceptors (Lipinski definition) is 4. The van der Waals surface area contributed by atoms with Gasteiger partial charge in [-0.25, -0.2) is 13.2 Å². The summed E-state index contributed by atoms with van der Waals surface area (Å²) in [6, 6.07) is 5.84. The van der Waals surface area contributed by atoms with Gasteiger partial charge in [0.1, 0.15) is 0 Å². The van der Waals surface area contributed by atoms with E-state index in [9.17, 15) is 13.2 Å². The number of nitrogens with one attached hydrogen (secondary N) is 2. The Balaban J connectivity index is 1.98. The van der Waals surface area contributed by atoms with Crippen LogP contribution in [0, 0.1) is 0 Å². The predicted octanol–water partition coefficient (Wildman–Crippen LogP) is 2.19. The Hall–Kier alpha value is -2.35. The van der Waals surface area contributed by atoms with Gasteiger partial charge < -0.3 is 10.6 Å². The molecule has 124 valence electrons. The van der Waals surface area contributed by atoms with Crippen LogP contribution in [-0.4, -0.2) is 30.5 Å². The molecule has 0 unspecified atom stereocenters. The first-order chi connectivity index (χ1) is 10.8. The van der Waals surface area contributed by atoms with Gasteiger partial charge in [-0.3, -0.25) is 4.68 Å². The van der Waals surface area contributed by atoms with Crippen LogP contribution in [0.4, 0.5) is 10.5 Å². The summed E-state index contributed by atoms with van der Waals surface area (Å²) in [7, 11) is -3.22. The second-order valence-corrected chi connectivity index (χ2v) is 7.26. The molecule has 0 aliphatic rings. The first kappa shape index (κ1) is 17.0. The number of amides is 2. The van der Waals surface area contributed by atoms with Gasteiger partial charge in [0.05, 0.1) is 22.8 Å². The summed E-state index contributed by atoms with van der Waals surface area (Å²) in [5.41, 5.74) is 1.43. The monoisotopic (exact) mass is 336 g/mol. The van der Waals surface area contributed by atoms with Crippen molar-refractivity contribution in [3.63, 3.8) is 0 Å². The van der Waals surface area contributed by atoms with Crippen molar-refractivity contribution in [2.24, 2.45) is 0 Å². The smallest absolute Gasteiger partial charge is 0.319 e. The molecule has 0 fully saturated rings. The van der Waals surface area contributed by atoms with E-state index in [0.717, 1.165) is 18.4 Å². The fraction of sp³-hybridized carbons (Fsp3) is 0.333. The van der Waals surface area contributed by atoms with Gasteiger partial charge in [0.2, 0.25) is 0 Å². The van der Waals surface area contributed by atoms with Crippen LogP contribution in [0.2, 0.25) is 0 Å². The number of carbonyl (C=O) groups excluding carboxylic acids is 1. The fourth-order valence-corrected chi connectivity index (χ4v) is 2.68. The van der Waals surface area contributed by atoms with E-state index in [-0.39, 0.29) is 17.0 Å². The van der Waals surface area contributed by atoms with Crippen molar-refractivity contribution in [1.29, 1.82) is 0 Å². The van der Waals surface area contributed by atoms with E-state index < -0.39 is 9.84 Å². The summed E-state index contributed by atoms with van der Waals surface area (Å²) in [6.07, 6.45) is 4.48. The topological polar surface area (TPSA) is 93.1 Å². The molecule has 7 nitrogen and oxygen atoms in total. The number of benzene rings is 1. The van der Waals surface area contributed by atoms with Gasteiger partial charge >= 0.3 is 6.03 Å². The molecule has 0 radical (unpaired) electrons. The Labute approximate surface area is 135 Å². The van der Waals surface area contributed by atoms with Crippen LogP contribution < -0.4 is 10.6 Å². The molecule has 2 amide bonds. The molecule has 1 aromatic carbocycles. The zero-order valence-electron chi connectivity index (χ0n) is 13.3. The lowest BCUT2D eigenvalue weighted by molar-refractivity contribution is 0.249. The fourth-order valence-electron chi connectivity index (χ4n) is 2.05. The van der Waals surface area contributed by atoms with Crippen LogP contribution in [0.15, 0.2) is 41.6 Å². The molecule has 2 rings (SSSR count). The van der Waals surface area contributed by atoms with Gasteiger partial charge in [0.25, 0.3) is 0 Å². The van der Waals surface area contributed by atoms with Crippen molar-refractivity contribution < 1.29 is 13.2 Å². The van der Waals surface area contributed by atoms with Crippen molar-refractivity contribution >= 4 is 21.6 Å². The Morgan fingerprint density at radius 2 is 1.96 bits per heavy atom. The maximum Gasteiger partial charge on any atom is 0.319 e. The maximum absolute atomic E-state index is 12.0. The summed E-state index contributed by atoms with van der Waals surface area (Å²) in [4.78, 5) is 12.2. The summed E-state index contributed by atoms with van der Waals surface area (Å²) in [5.74, 6) is 0. The van der Waals surface area contributed by atoms with E-state index in [2.05, 4.69) is 15.7 Å². The van der Waals surface area contributed by atoms with Crippen LogP contribution in [-0.2, 0) is 16.4 Å². The van der Waals surface area contributed by atoms with Crippen molar-refractivity contribution in [3.05, 3.63) is 42.2 Å². The molecule has 2 aromatic rings. The van der Waals surface area contributed by atoms with Gasteiger partial charge in [-0.2, -0.15) is 5.10 Å². The highest BCUT2D eigenvalue weighted by molar-refractivity contribution is 7.90. The van der Waals surface area contributed by atoms with E-state index in [1.165, 1.54) is 12.1 Å². The zero-order chi connectivity index (χ0) is 17.0. The Bertz CT molecular complexity index is 781. The lowest BCUT2D eigenvalue weighted by atomic mass is 10.1. The number of rotatable bonds is 5. The van der Waals surface area contributed by atoms with E-state index >= 15 is 0 Å². The van der Waals surface area contributed by atoms with Gasteiger partial charge in [0.15, 0.2) is 9.84 Å². The average Bonchev–Trinajstić information content (AvgIpc) is 2.94. The van der Waals surface area contributed by atoms with Gasteiger partial charge in [0, 0.05) is 19.0 Å². The molecule has 23 heavy (non-hydrogen) atoms. The summed E-state index contributed by atoms with van der Waals surface area (Å²) >= 11 is 0. The number of nitrogens with zero attached hydrogens (tertiary/aromatic N) is 2. The third-order valence-corrected chi connectivity index (χ3v) is 4.50. The third kappa shape index (κ3) is 4.56. The zero-order valence-corrected chi connectivity index (χ0v) is 14.1. The van der Waals surface area contributed by atoms with E-state index in [4.69, 9.17) is 0 Å². The van der Waals surface area contributed by atoms with E-state index in [0.29, 0.717) is 5.69 Å². The van der Waals surface area contributed by atoms with Crippen LogP contribution in [0.25, 0.3) is 0 Å². The van der Waals surface area contributed by atoms with Gasteiger partial charge in [-0.05, 0) is 31.5 Å². The predicted molar refractivity (Wildman–Crippen MR) is 88.0 cm³/mol. The minimum atomic E-state index is -3.22. The lowest BCUT2D eigenvalue weighted by Crippen LogP contribution is -2.31. The molecule has 1 aromatic heterocycles. The Morgan fingerprint density at radius 1 is 1.30 bits per heavy atom. The standard InChI is InChI=1S/C15H20N4O3S/c1-4-19-10-13(9-16-19)18-15(20)17-11(2)12-5-7-14(8-6-12)23(3,21)22/h5-11H,4H2,1-3H3,(H2,17,18,20)/t11-/m1/s1. The van der Waals surface area contributed by atoms with Crippen molar-refractivity contribution in [1.82, 2.24) is 15.1 Å². The molecule has 0 spiro atoms. The van der Waals surface area contributed by atoms with Gasteiger partial charge in [-0.15, -0.1) is 0 Å². The summed E-state index contributed by atoms with van der Waals surface area (Å²) in [5, 5.41) is 9.57. The quantitative estimate of drug-likeness (QED) is 0.875. The molecule has 0 saturated carbocycles. The Kier molecular flexibility index (Phi) is 5.05. The second kappa shape index (κ2) is 6.82. The number of hydrogen-bond donors (Lipinski definition) is 2. The SMILES string of the molecule is CCn1cc(NC(=O)N[C@H](C)c2ccc(S(C)(=O)=O)cc2)cn1. The van der Waals surface area contributed by atoms with Crippen molar-refractivity contribution in [2.45, 2.75) is 31.3 Å². The molecule has 0 aliphatic carbocycles. The first-order valence-corrected chi connectivity index (χ1v) is 9.08. The molecular weight excluding hydrogens is 316 g/mol. The average molecular weight is 336 g/mol. The minimum absolute atomic E-state index is 0.255. The number of anilines is 1. The largest absolute Gasteiger partial charge is 0.331 e. The highest BCUT2D eigenvalue weighted by atomic mass is 32.2. The second-order valence-electron chi connectivity index (χ2n) is 5.25. The number of aryl methyl sites for hydroxylation is 1. The molecular formula is C15H20N4O3S. The number of sulfone groups is 1. The normalized spacial score (nSPS) is 12.7. The van der Waals surface area contributed by atoms with E-state index in [1.807, 2.05) is 13.8 Å². The van der Waals surface area contributed by atoms with Crippen LogP contribution in [0.3, 0.4) is 0 Å². The molecule has 0 saturated heterocycles. The highest BCUT2D eigenvalue weighted by Gasteiger charge is 2.12. The van der Waals surface area contributed by atoms with Crippen LogP contribution in [0.1, 0.15) is 25.5 Å². The molecule has 0 bridgehead atoms. The molecule has 2 N–H and O–H groups in total. The van der Waals surface area contributed by atoms with Crippen molar-refractivity contribution in [3.8, 4) is 0 Å². The molecule has 8 heteroatoms. The Morgan fingerprint density at radius 3 is 2.48 bits per heavy atom. The number of aromatic nitrogens is 2. The number of urea groups is 1. The molecule has 1 atom stereocenters. The molecule has 1 heterocycles. The summed E-state index contributed by atoms with van der Waals surface area (Å²) < 4.78 is 24.6. The number of carbonyl (C=O) groups is 1. The van der Waals surface area contributed by atoms with Crippen LogP contribution in [0.5, 0.6) is 0 Å². The lowest BCUT2D eigenvalue weighted by Gasteiger charge is -2.15. The highest BCUT2D eigenvalue weighted by Crippen LogP contribution is 2.16. The molecule has 0 aliphatic heterocycles. The minimum Gasteiger partial charge on any atom is -0.331 e. The maximum atomic E-state index is 12.0. The van der Waals surface area contributed by atoms with Crippen LogP contribution >= 0.6 is 0 Å². The van der Waals surface area contributed by atoms with Crippen molar-refractivity contribution in [2.75, 3.05) is 11.6 Å². The van der Waals surface area contributed by atoms with Gasteiger partial charge in [-0.1, -0.05) is 12.1 Å². The van der Waals surface area contributed by atoms with E-state index in [1.54, 1.807) is 29.2 Å².